The molecule has 5 atom stereocenters. The van der Waals surface area contributed by atoms with E-state index >= 15 is 0 Å². The number of likely N-dealkylation sites (tertiary alicyclic amines) is 1. The van der Waals surface area contributed by atoms with Gasteiger partial charge in [0.2, 0.25) is 17.7 Å². The molecular formula is C29H44N4O6. The van der Waals surface area contributed by atoms with Crippen molar-refractivity contribution in [2.45, 2.75) is 56.8 Å². The molecule has 10 nitrogen and oxygen atoms in total. The van der Waals surface area contributed by atoms with Gasteiger partial charge in [-0.15, -0.1) is 0 Å². The van der Waals surface area contributed by atoms with Crippen LogP contribution in [0.15, 0.2) is 24.3 Å². The zero-order chi connectivity index (χ0) is 27.6. The summed E-state index contributed by atoms with van der Waals surface area (Å²) in [5.74, 6) is -1.85. The second-order valence-corrected chi connectivity index (χ2v) is 11.4. The molecule has 216 valence electrons. The van der Waals surface area contributed by atoms with Gasteiger partial charge in [0.1, 0.15) is 11.6 Å². The van der Waals surface area contributed by atoms with Gasteiger partial charge in [-0.1, -0.05) is 38.2 Å². The van der Waals surface area contributed by atoms with Gasteiger partial charge in [0.15, 0.2) is 0 Å². The van der Waals surface area contributed by atoms with Crippen LogP contribution in [0.2, 0.25) is 0 Å². The lowest BCUT2D eigenvalue weighted by Gasteiger charge is -2.39. The van der Waals surface area contributed by atoms with Gasteiger partial charge in [-0.3, -0.25) is 19.3 Å². The van der Waals surface area contributed by atoms with Crippen LogP contribution in [0.3, 0.4) is 0 Å². The number of hydrogen-bond acceptors (Lipinski definition) is 7. The summed E-state index contributed by atoms with van der Waals surface area (Å²) in [7, 11) is 0. The molecule has 0 bridgehead atoms. The number of morpholine rings is 1. The van der Waals surface area contributed by atoms with Crippen molar-refractivity contribution in [1.29, 1.82) is 0 Å². The van der Waals surface area contributed by atoms with Crippen LogP contribution in [-0.4, -0.2) is 132 Å². The van der Waals surface area contributed by atoms with E-state index in [2.05, 4.69) is 4.90 Å². The fraction of sp³-hybridized carbons (Fsp3) is 0.759. The number of fused-ring (bicyclic) bond motifs is 2. The van der Waals surface area contributed by atoms with E-state index in [1.807, 2.05) is 48.0 Å². The van der Waals surface area contributed by atoms with E-state index in [1.54, 1.807) is 4.90 Å². The number of ether oxygens (including phenoxy) is 2. The molecule has 3 amide bonds. The van der Waals surface area contributed by atoms with Crippen molar-refractivity contribution < 1.29 is 29.0 Å². The minimum atomic E-state index is -1.21. The van der Waals surface area contributed by atoms with Crippen LogP contribution in [-0.2, 0) is 23.9 Å². The van der Waals surface area contributed by atoms with Gasteiger partial charge in [-0.25, -0.2) is 0 Å². The van der Waals surface area contributed by atoms with Gasteiger partial charge in [-0.2, -0.15) is 0 Å². The first-order chi connectivity index (χ1) is 18.9. The van der Waals surface area contributed by atoms with Crippen LogP contribution < -0.4 is 0 Å². The molecule has 0 aromatic heterocycles. The summed E-state index contributed by atoms with van der Waals surface area (Å²) in [5.41, 5.74) is -2.15. The molecule has 1 unspecified atom stereocenters. The first-order valence-corrected chi connectivity index (χ1v) is 14.8. The number of hydrogen-bond donors (Lipinski definition) is 1. The van der Waals surface area contributed by atoms with Gasteiger partial charge >= 0.3 is 0 Å². The van der Waals surface area contributed by atoms with Gasteiger partial charge < -0.3 is 29.3 Å². The molecule has 3 saturated heterocycles. The van der Waals surface area contributed by atoms with Crippen molar-refractivity contribution in [3.8, 4) is 0 Å². The fourth-order valence-corrected chi connectivity index (χ4v) is 7.25. The maximum Gasteiger partial charge on any atom is 0.249 e. The van der Waals surface area contributed by atoms with Crippen LogP contribution in [0, 0.1) is 11.8 Å². The van der Waals surface area contributed by atoms with Gasteiger partial charge in [0, 0.05) is 59.0 Å². The van der Waals surface area contributed by atoms with Crippen LogP contribution in [0.25, 0.3) is 0 Å². The molecule has 0 aliphatic carbocycles. The standard InChI is InChI=1S/C29H44N4O6/c1-3-11-31-12-7-9-28(4-2)22(25(31)35)23-26(36)33(14-5-6-19-34)24-27(37)32(13-8-10-29(23,24)39-28)16-15-30-17-20-38-21-18-30/h7-10,22-24,34H,3-6,11-21H2,1-2H3/t22-,23-,24?,28+,29-/m0/s1. The number of aliphatic hydroxyl groups is 1. The summed E-state index contributed by atoms with van der Waals surface area (Å²) in [4.78, 5) is 50.4. The molecule has 5 rings (SSSR count). The molecule has 0 aromatic carbocycles. The van der Waals surface area contributed by atoms with Crippen LogP contribution in [0.4, 0.5) is 0 Å². The second kappa shape index (κ2) is 11.7. The summed E-state index contributed by atoms with van der Waals surface area (Å²) >= 11 is 0. The molecule has 5 aliphatic heterocycles. The quantitative estimate of drug-likeness (QED) is 0.318. The summed E-state index contributed by atoms with van der Waals surface area (Å²) in [5, 5.41) is 9.41. The zero-order valence-electron chi connectivity index (χ0n) is 23.4. The van der Waals surface area contributed by atoms with Crippen molar-refractivity contribution in [2.24, 2.45) is 11.8 Å². The number of rotatable bonds is 10. The Morgan fingerprint density at radius 3 is 2.28 bits per heavy atom. The second-order valence-electron chi connectivity index (χ2n) is 11.4. The van der Waals surface area contributed by atoms with Crippen molar-refractivity contribution >= 4 is 17.7 Å². The van der Waals surface area contributed by atoms with Gasteiger partial charge in [-0.05, 0) is 25.7 Å². The predicted molar refractivity (Wildman–Crippen MR) is 145 cm³/mol. The van der Waals surface area contributed by atoms with E-state index in [4.69, 9.17) is 9.47 Å². The Hall–Kier alpha value is -2.27. The SMILES string of the molecule is CCCN1CC=C[C@@]2(CC)O[C@]34C=CCN(CCN5CCOCC5)C(=O)C3N(CCCCO)C(=O)[C@@H]4[C@H]2C1=O. The molecule has 1 N–H and O–H groups in total. The molecule has 39 heavy (non-hydrogen) atoms. The highest BCUT2D eigenvalue weighted by atomic mass is 16.5. The Morgan fingerprint density at radius 2 is 1.59 bits per heavy atom. The maximum atomic E-state index is 14.3. The van der Waals surface area contributed by atoms with E-state index in [9.17, 15) is 19.5 Å². The minimum absolute atomic E-state index is 0.0219. The van der Waals surface area contributed by atoms with Crippen molar-refractivity contribution in [3.05, 3.63) is 24.3 Å². The molecule has 5 aliphatic rings. The molecule has 0 saturated carbocycles. The van der Waals surface area contributed by atoms with Gasteiger partial charge in [0.25, 0.3) is 0 Å². The topological polar surface area (TPSA) is 103 Å². The lowest BCUT2D eigenvalue weighted by molar-refractivity contribution is -0.154. The van der Waals surface area contributed by atoms with Gasteiger partial charge in [0.05, 0.1) is 30.7 Å². The van der Waals surface area contributed by atoms with Crippen LogP contribution in [0.1, 0.15) is 39.5 Å². The first-order valence-electron chi connectivity index (χ1n) is 14.8. The van der Waals surface area contributed by atoms with Crippen LogP contribution in [0.5, 0.6) is 0 Å². The van der Waals surface area contributed by atoms with Crippen molar-refractivity contribution in [1.82, 2.24) is 19.6 Å². The van der Waals surface area contributed by atoms with Crippen LogP contribution >= 0.6 is 0 Å². The number of nitrogens with zero attached hydrogens (tertiary/aromatic N) is 4. The Balaban J connectivity index is 1.51. The summed E-state index contributed by atoms with van der Waals surface area (Å²) in [6.45, 7) is 10.3. The first kappa shape index (κ1) is 28.3. The average molecular weight is 545 g/mol. The molecule has 0 aromatic rings. The fourth-order valence-electron chi connectivity index (χ4n) is 7.25. The molecule has 0 radical (unpaired) electrons. The smallest absolute Gasteiger partial charge is 0.249 e. The van der Waals surface area contributed by atoms with E-state index in [0.29, 0.717) is 65.2 Å². The lowest BCUT2D eigenvalue weighted by atomic mass is 9.73. The monoisotopic (exact) mass is 544 g/mol. The molecule has 1 spiro atoms. The Labute approximate surface area is 231 Å². The lowest BCUT2D eigenvalue weighted by Crippen LogP contribution is -2.57. The highest BCUT2D eigenvalue weighted by Gasteiger charge is 2.75. The highest BCUT2D eigenvalue weighted by Crippen LogP contribution is 2.58. The third-order valence-electron chi connectivity index (χ3n) is 9.20. The minimum Gasteiger partial charge on any atom is -0.396 e. The number of amides is 3. The number of carbonyl (C=O) groups excluding carboxylic acids is 3. The normalized spacial score (nSPS) is 34.8. The number of unbranched alkanes of at least 4 members (excludes halogenated alkanes) is 1. The molecule has 5 heterocycles. The highest BCUT2D eigenvalue weighted by molar-refractivity contribution is 6.00. The Kier molecular flexibility index (Phi) is 8.47. The number of carbonyl (C=O) groups is 3. The Morgan fingerprint density at radius 1 is 0.872 bits per heavy atom. The third kappa shape index (κ3) is 4.83. The van der Waals surface area contributed by atoms with Crippen molar-refractivity contribution in [3.63, 3.8) is 0 Å². The van der Waals surface area contributed by atoms with E-state index in [1.165, 1.54) is 0 Å². The molecule has 10 heteroatoms. The molecule has 3 fully saturated rings. The predicted octanol–water partition coefficient (Wildman–Crippen LogP) is 0.659. The van der Waals surface area contributed by atoms with E-state index in [-0.39, 0.29) is 24.3 Å². The summed E-state index contributed by atoms with van der Waals surface area (Å²) in [6, 6.07) is -0.840. The maximum absolute atomic E-state index is 14.3. The van der Waals surface area contributed by atoms with E-state index in [0.717, 1.165) is 26.1 Å². The zero-order valence-corrected chi connectivity index (χ0v) is 23.4. The molecular weight excluding hydrogens is 500 g/mol. The Bertz CT molecular complexity index is 996. The average Bonchev–Trinajstić information content (AvgIpc) is 3.23. The number of aliphatic hydroxyl groups excluding tert-OH is 1. The largest absolute Gasteiger partial charge is 0.396 e. The summed E-state index contributed by atoms with van der Waals surface area (Å²) < 4.78 is 12.5. The summed E-state index contributed by atoms with van der Waals surface area (Å²) in [6.07, 6.45) is 10.3. The van der Waals surface area contributed by atoms with E-state index < -0.39 is 29.1 Å². The third-order valence-corrected chi connectivity index (χ3v) is 9.20. The van der Waals surface area contributed by atoms with Crippen molar-refractivity contribution in [2.75, 3.05) is 72.2 Å².